The molecular weight excluding hydrogens is 400 g/mol. The van der Waals surface area contributed by atoms with E-state index in [2.05, 4.69) is 9.38 Å². The molecule has 0 aliphatic carbocycles. The molecule has 2 aromatic rings. The van der Waals surface area contributed by atoms with Crippen LogP contribution in [-0.4, -0.2) is 61.1 Å². The normalized spacial score (nSPS) is 18.9. The van der Waals surface area contributed by atoms with E-state index in [0.29, 0.717) is 48.8 Å². The Morgan fingerprint density at radius 3 is 2.43 bits per heavy atom. The Kier molecular flexibility index (Phi) is 5.42. The number of carbonyl (C=O) groups excluding carboxylic acids is 1. The number of amides is 1. The van der Waals surface area contributed by atoms with Gasteiger partial charge in [0.15, 0.2) is 0 Å². The van der Waals surface area contributed by atoms with Gasteiger partial charge in [0.1, 0.15) is 16.4 Å². The Bertz CT molecular complexity index is 1120. The Morgan fingerprint density at radius 1 is 0.967 bits per heavy atom. The van der Waals surface area contributed by atoms with Crippen LogP contribution in [0, 0.1) is 6.92 Å². The van der Waals surface area contributed by atoms with Crippen LogP contribution in [0.1, 0.15) is 35.0 Å². The van der Waals surface area contributed by atoms with Gasteiger partial charge in [-0.25, -0.2) is 0 Å². The third-order valence-electron chi connectivity index (χ3n) is 5.42. The lowest BCUT2D eigenvalue weighted by atomic mass is 10.1. The second-order valence-corrected chi connectivity index (χ2v) is 9.10. The highest BCUT2D eigenvalue weighted by atomic mass is 32.2. The lowest BCUT2D eigenvalue weighted by Gasteiger charge is -2.23. The van der Waals surface area contributed by atoms with E-state index in [4.69, 9.17) is 0 Å². The smallest absolute Gasteiger partial charge is 0.285 e. The number of aromatic nitrogens is 1. The van der Waals surface area contributed by atoms with E-state index in [-0.39, 0.29) is 10.8 Å². The van der Waals surface area contributed by atoms with Gasteiger partial charge in [0.2, 0.25) is 0 Å². The Labute approximate surface area is 176 Å². The maximum absolute atomic E-state index is 12.8. The first-order valence-electron chi connectivity index (χ1n) is 9.95. The minimum Gasteiger partial charge on any atom is -0.354 e. The zero-order chi connectivity index (χ0) is 21.3. The van der Waals surface area contributed by atoms with Crippen molar-refractivity contribution in [2.45, 2.75) is 20.3 Å². The Hall–Kier alpha value is -3.00. The molecule has 0 unspecified atom stereocenters. The van der Waals surface area contributed by atoms with Gasteiger partial charge in [0, 0.05) is 37.9 Å². The van der Waals surface area contributed by atoms with Gasteiger partial charge in [-0.15, -0.1) is 4.40 Å². The summed E-state index contributed by atoms with van der Waals surface area (Å²) in [4.78, 5) is 20.9. The van der Waals surface area contributed by atoms with E-state index in [9.17, 15) is 13.2 Å². The minimum absolute atomic E-state index is 0.106. The molecule has 0 saturated carbocycles. The Balaban J connectivity index is 1.56. The number of sulfonamides is 1. The highest BCUT2D eigenvalue weighted by molar-refractivity contribution is 8.00. The highest BCUT2D eigenvalue weighted by Gasteiger charge is 2.34. The van der Waals surface area contributed by atoms with Gasteiger partial charge in [0.25, 0.3) is 15.9 Å². The van der Waals surface area contributed by atoms with Crippen LogP contribution in [0.25, 0.3) is 4.91 Å². The molecule has 7 nitrogen and oxygen atoms in total. The first kappa shape index (κ1) is 20.3. The van der Waals surface area contributed by atoms with Crippen LogP contribution >= 0.6 is 0 Å². The molecule has 4 rings (SSSR count). The fourth-order valence-corrected chi connectivity index (χ4v) is 5.36. The van der Waals surface area contributed by atoms with Crippen molar-refractivity contribution >= 4 is 26.7 Å². The zero-order valence-corrected chi connectivity index (χ0v) is 17.9. The molecule has 1 aromatic carbocycles. The van der Waals surface area contributed by atoms with Crippen LogP contribution in [-0.2, 0) is 10.0 Å². The second-order valence-electron chi connectivity index (χ2n) is 7.56. The molecule has 1 aromatic heterocycles. The quantitative estimate of drug-likeness (QED) is 0.740. The monoisotopic (exact) mass is 424 g/mol. The van der Waals surface area contributed by atoms with E-state index in [1.165, 1.54) is 0 Å². The summed E-state index contributed by atoms with van der Waals surface area (Å²) in [7, 11) is -3.75. The molecule has 2 aliphatic heterocycles. The lowest BCUT2D eigenvalue weighted by molar-refractivity contribution is 0.0758. The van der Waals surface area contributed by atoms with Crippen LogP contribution < -0.4 is 0 Å². The highest BCUT2D eigenvalue weighted by Crippen LogP contribution is 2.34. The molecule has 156 valence electrons. The molecule has 0 bridgehead atoms. The molecule has 3 heterocycles. The molecule has 1 fully saturated rings. The summed E-state index contributed by atoms with van der Waals surface area (Å²) in [5.74, 6) is 0.378. The lowest BCUT2D eigenvalue weighted by Crippen LogP contribution is -2.37. The molecule has 0 radical (unpaired) electrons. The maximum Gasteiger partial charge on any atom is 0.285 e. The SMILES string of the molecule is CC1=C(c2ccc(C)cc2)S(=O)(=O)N=C1N1CCCN(C(=O)c2ccccn2)CC1. The van der Waals surface area contributed by atoms with Gasteiger partial charge in [-0.1, -0.05) is 35.9 Å². The molecule has 0 atom stereocenters. The topological polar surface area (TPSA) is 82.9 Å². The van der Waals surface area contributed by atoms with E-state index in [0.717, 1.165) is 12.0 Å². The van der Waals surface area contributed by atoms with Gasteiger partial charge < -0.3 is 9.80 Å². The number of benzene rings is 1. The largest absolute Gasteiger partial charge is 0.354 e. The number of carbonyl (C=O) groups is 1. The predicted molar refractivity (Wildman–Crippen MR) is 116 cm³/mol. The predicted octanol–water partition coefficient (Wildman–Crippen LogP) is 2.71. The molecule has 1 amide bonds. The minimum atomic E-state index is -3.75. The number of amidine groups is 1. The first-order chi connectivity index (χ1) is 14.4. The van der Waals surface area contributed by atoms with Crippen LogP contribution in [0.5, 0.6) is 0 Å². The number of aryl methyl sites for hydroxylation is 1. The van der Waals surface area contributed by atoms with E-state index >= 15 is 0 Å². The van der Waals surface area contributed by atoms with Crippen LogP contribution in [0.2, 0.25) is 0 Å². The average Bonchev–Trinajstić information content (AvgIpc) is 2.90. The molecule has 0 N–H and O–H groups in total. The summed E-state index contributed by atoms with van der Waals surface area (Å²) in [6, 6.07) is 12.7. The van der Waals surface area contributed by atoms with Gasteiger partial charge in [-0.2, -0.15) is 8.42 Å². The number of hydrogen-bond donors (Lipinski definition) is 0. The van der Waals surface area contributed by atoms with Crippen molar-refractivity contribution in [1.82, 2.24) is 14.8 Å². The fourth-order valence-electron chi connectivity index (χ4n) is 3.87. The molecule has 8 heteroatoms. The van der Waals surface area contributed by atoms with Crippen molar-refractivity contribution in [2.24, 2.45) is 4.40 Å². The molecule has 0 spiro atoms. The van der Waals surface area contributed by atoms with Crippen molar-refractivity contribution in [2.75, 3.05) is 26.2 Å². The summed E-state index contributed by atoms with van der Waals surface area (Å²) in [5.41, 5.74) is 2.80. The van der Waals surface area contributed by atoms with Crippen LogP contribution in [0.4, 0.5) is 0 Å². The first-order valence-corrected chi connectivity index (χ1v) is 11.4. The van der Waals surface area contributed by atoms with Crippen molar-refractivity contribution in [3.63, 3.8) is 0 Å². The van der Waals surface area contributed by atoms with Crippen molar-refractivity contribution < 1.29 is 13.2 Å². The second kappa shape index (κ2) is 8.02. The number of nitrogens with zero attached hydrogens (tertiary/aromatic N) is 4. The Morgan fingerprint density at radius 2 is 1.73 bits per heavy atom. The van der Waals surface area contributed by atoms with Crippen molar-refractivity contribution in [3.8, 4) is 0 Å². The zero-order valence-electron chi connectivity index (χ0n) is 17.1. The summed E-state index contributed by atoms with van der Waals surface area (Å²) in [5, 5.41) is 0. The number of rotatable bonds is 2. The molecule has 30 heavy (non-hydrogen) atoms. The van der Waals surface area contributed by atoms with Gasteiger partial charge in [0.05, 0.1) is 0 Å². The maximum atomic E-state index is 12.8. The fraction of sp³-hybridized carbons (Fsp3) is 0.318. The van der Waals surface area contributed by atoms with Gasteiger partial charge in [-0.3, -0.25) is 9.78 Å². The van der Waals surface area contributed by atoms with E-state index in [1.54, 1.807) is 36.2 Å². The molecular formula is C22H24N4O3S. The summed E-state index contributed by atoms with van der Waals surface area (Å²) in [6.45, 7) is 6.01. The van der Waals surface area contributed by atoms with Crippen molar-refractivity contribution in [1.29, 1.82) is 0 Å². The third kappa shape index (κ3) is 3.87. The van der Waals surface area contributed by atoms with Gasteiger partial charge in [-0.05, 0) is 38.0 Å². The summed E-state index contributed by atoms with van der Waals surface area (Å²) < 4.78 is 29.7. The standard InChI is InChI=1S/C22H24N4O3S/c1-16-7-9-18(10-8-16)20-17(2)21(24-30(20,28)29)25-12-5-13-26(15-14-25)22(27)19-6-3-4-11-23-19/h3-4,6-11H,5,12-15H2,1-2H3. The third-order valence-corrected chi connectivity index (χ3v) is 6.89. The van der Waals surface area contributed by atoms with Crippen molar-refractivity contribution in [3.05, 3.63) is 71.1 Å². The van der Waals surface area contributed by atoms with E-state index in [1.807, 2.05) is 36.1 Å². The molecule has 2 aliphatic rings. The number of pyridine rings is 1. The van der Waals surface area contributed by atoms with Gasteiger partial charge >= 0.3 is 0 Å². The van der Waals surface area contributed by atoms with Crippen LogP contribution in [0.3, 0.4) is 0 Å². The van der Waals surface area contributed by atoms with E-state index < -0.39 is 10.0 Å². The summed E-state index contributed by atoms with van der Waals surface area (Å²) in [6.07, 6.45) is 2.33. The van der Waals surface area contributed by atoms with Crippen LogP contribution in [0.15, 0.2) is 58.6 Å². The number of hydrogen-bond acceptors (Lipinski definition) is 5. The average molecular weight is 425 g/mol. The summed E-state index contributed by atoms with van der Waals surface area (Å²) >= 11 is 0. The molecule has 1 saturated heterocycles.